The molecule has 1 aliphatic rings. The SMILES string of the molecule is NC(=O)c1csc(CNC2(CO)CCCCC2)c1. The first kappa shape index (κ1) is 13.5. The average Bonchev–Trinajstić information content (AvgIpc) is 2.87. The molecule has 0 radical (unpaired) electrons. The maximum Gasteiger partial charge on any atom is 0.249 e. The van der Waals surface area contributed by atoms with Crippen LogP contribution in [-0.4, -0.2) is 23.2 Å². The number of nitrogens with one attached hydrogen (secondary N) is 1. The predicted octanol–water partition coefficient (Wildman–Crippen LogP) is 1.63. The quantitative estimate of drug-likeness (QED) is 0.760. The third-order valence-electron chi connectivity index (χ3n) is 3.69. The summed E-state index contributed by atoms with van der Waals surface area (Å²) in [6, 6.07) is 1.83. The highest BCUT2D eigenvalue weighted by molar-refractivity contribution is 7.10. The lowest BCUT2D eigenvalue weighted by molar-refractivity contribution is 0.100. The van der Waals surface area contributed by atoms with Crippen molar-refractivity contribution in [3.63, 3.8) is 0 Å². The second kappa shape index (κ2) is 5.82. The van der Waals surface area contributed by atoms with Gasteiger partial charge >= 0.3 is 0 Å². The van der Waals surface area contributed by atoms with Gasteiger partial charge in [0.2, 0.25) is 5.91 Å². The van der Waals surface area contributed by atoms with Gasteiger partial charge in [0, 0.05) is 22.3 Å². The minimum atomic E-state index is -0.382. The molecule has 1 amide bonds. The molecule has 0 aromatic carbocycles. The Balaban J connectivity index is 1.94. The zero-order valence-electron chi connectivity index (χ0n) is 10.4. The third kappa shape index (κ3) is 3.10. The van der Waals surface area contributed by atoms with Crippen LogP contribution in [0.4, 0.5) is 0 Å². The van der Waals surface area contributed by atoms with Crippen molar-refractivity contribution in [3.05, 3.63) is 21.9 Å². The average molecular weight is 268 g/mol. The lowest BCUT2D eigenvalue weighted by Gasteiger charge is -2.36. The van der Waals surface area contributed by atoms with Crippen LogP contribution in [0.25, 0.3) is 0 Å². The van der Waals surface area contributed by atoms with E-state index in [-0.39, 0.29) is 18.1 Å². The predicted molar refractivity (Wildman–Crippen MR) is 72.6 cm³/mol. The van der Waals surface area contributed by atoms with Crippen LogP contribution < -0.4 is 11.1 Å². The number of rotatable bonds is 5. The molecule has 0 spiro atoms. The lowest BCUT2D eigenvalue weighted by atomic mass is 9.82. The Morgan fingerprint density at radius 3 is 2.72 bits per heavy atom. The first-order valence-corrected chi connectivity index (χ1v) is 7.26. The van der Waals surface area contributed by atoms with Crippen LogP contribution in [0, 0.1) is 0 Å². The molecule has 5 heteroatoms. The molecule has 0 saturated heterocycles. The third-order valence-corrected chi connectivity index (χ3v) is 4.63. The van der Waals surface area contributed by atoms with E-state index in [9.17, 15) is 9.90 Å². The molecular weight excluding hydrogens is 248 g/mol. The van der Waals surface area contributed by atoms with Gasteiger partial charge in [-0.05, 0) is 18.9 Å². The van der Waals surface area contributed by atoms with Crippen LogP contribution in [0.5, 0.6) is 0 Å². The van der Waals surface area contributed by atoms with E-state index in [0.29, 0.717) is 12.1 Å². The largest absolute Gasteiger partial charge is 0.394 e. The highest BCUT2D eigenvalue weighted by Crippen LogP contribution is 2.28. The summed E-state index contributed by atoms with van der Waals surface area (Å²) in [6.45, 7) is 0.875. The Hall–Kier alpha value is -0.910. The number of aliphatic hydroxyl groups excluding tert-OH is 1. The molecule has 1 aliphatic carbocycles. The normalized spacial score (nSPS) is 18.7. The molecule has 1 aromatic rings. The fourth-order valence-corrected chi connectivity index (χ4v) is 3.31. The van der Waals surface area contributed by atoms with Gasteiger partial charge < -0.3 is 16.2 Å². The molecule has 1 saturated carbocycles. The van der Waals surface area contributed by atoms with Gasteiger partial charge in [0.05, 0.1) is 12.2 Å². The second-order valence-electron chi connectivity index (χ2n) is 5.02. The van der Waals surface area contributed by atoms with Crippen LogP contribution in [0.2, 0.25) is 0 Å². The number of thiophene rings is 1. The Morgan fingerprint density at radius 1 is 1.44 bits per heavy atom. The number of amides is 1. The Kier molecular flexibility index (Phi) is 4.37. The number of carbonyl (C=O) groups excluding carboxylic acids is 1. The van der Waals surface area contributed by atoms with Crippen LogP contribution in [0.1, 0.15) is 47.3 Å². The fraction of sp³-hybridized carbons (Fsp3) is 0.615. The number of hydrogen-bond donors (Lipinski definition) is 3. The zero-order chi connectivity index (χ0) is 13.0. The molecule has 1 aromatic heterocycles. The molecule has 0 atom stereocenters. The second-order valence-corrected chi connectivity index (χ2v) is 6.01. The van der Waals surface area contributed by atoms with Crippen LogP contribution in [0.3, 0.4) is 0 Å². The number of nitrogens with two attached hydrogens (primary N) is 1. The standard InChI is InChI=1S/C13H20N2O2S/c14-12(17)10-6-11(18-8-10)7-15-13(9-16)4-2-1-3-5-13/h6,8,15-16H,1-5,7,9H2,(H2,14,17). The van der Waals surface area contributed by atoms with Gasteiger partial charge in [-0.3, -0.25) is 4.79 Å². The number of aliphatic hydroxyl groups is 1. The van der Waals surface area contributed by atoms with E-state index in [2.05, 4.69) is 5.32 Å². The summed E-state index contributed by atoms with van der Waals surface area (Å²) < 4.78 is 0. The van der Waals surface area contributed by atoms with Crippen molar-refractivity contribution in [1.82, 2.24) is 5.32 Å². The molecule has 1 fully saturated rings. The van der Waals surface area contributed by atoms with E-state index in [0.717, 1.165) is 17.7 Å². The summed E-state index contributed by atoms with van der Waals surface area (Å²) in [4.78, 5) is 12.1. The van der Waals surface area contributed by atoms with Gasteiger partial charge in [0.1, 0.15) is 0 Å². The molecule has 100 valence electrons. The monoisotopic (exact) mass is 268 g/mol. The number of carbonyl (C=O) groups is 1. The first-order valence-electron chi connectivity index (χ1n) is 6.38. The molecule has 0 aliphatic heterocycles. The maximum absolute atomic E-state index is 11.0. The molecule has 0 bridgehead atoms. The Labute approximate surface area is 111 Å². The topological polar surface area (TPSA) is 75.4 Å². The van der Waals surface area contributed by atoms with Gasteiger partial charge in [0.25, 0.3) is 0 Å². The van der Waals surface area contributed by atoms with Crippen LogP contribution in [0.15, 0.2) is 11.4 Å². The molecule has 0 unspecified atom stereocenters. The minimum absolute atomic E-state index is 0.130. The molecular formula is C13H20N2O2S. The van der Waals surface area contributed by atoms with Crippen molar-refractivity contribution in [2.75, 3.05) is 6.61 Å². The summed E-state index contributed by atoms with van der Waals surface area (Å²) in [6.07, 6.45) is 5.65. The minimum Gasteiger partial charge on any atom is -0.394 e. The van der Waals surface area contributed by atoms with Gasteiger partial charge in [-0.15, -0.1) is 11.3 Å². The van der Waals surface area contributed by atoms with E-state index in [1.54, 1.807) is 5.38 Å². The van der Waals surface area contributed by atoms with Gasteiger partial charge in [-0.1, -0.05) is 19.3 Å². The summed E-state index contributed by atoms with van der Waals surface area (Å²) >= 11 is 1.53. The highest BCUT2D eigenvalue weighted by atomic mass is 32.1. The van der Waals surface area contributed by atoms with E-state index in [1.807, 2.05) is 6.07 Å². The zero-order valence-corrected chi connectivity index (χ0v) is 11.3. The van der Waals surface area contributed by atoms with Gasteiger partial charge in [-0.2, -0.15) is 0 Å². The highest BCUT2D eigenvalue weighted by Gasteiger charge is 2.30. The summed E-state index contributed by atoms with van der Waals surface area (Å²) in [5.74, 6) is -0.382. The smallest absolute Gasteiger partial charge is 0.249 e. The molecule has 18 heavy (non-hydrogen) atoms. The maximum atomic E-state index is 11.0. The summed E-state index contributed by atoms with van der Waals surface area (Å²) in [7, 11) is 0. The molecule has 1 heterocycles. The molecule has 2 rings (SSSR count). The van der Waals surface area contributed by atoms with Crippen molar-refractivity contribution >= 4 is 17.2 Å². The Bertz CT molecular complexity index is 411. The van der Waals surface area contributed by atoms with Crippen molar-refractivity contribution in [3.8, 4) is 0 Å². The molecule has 4 nitrogen and oxygen atoms in total. The van der Waals surface area contributed by atoms with E-state index in [1.165, 1.54) is 30.6 Å². The lowest BCUT2D eigenvalue weighted by Crippen LogP contribution is -2.49. The summed E-state index contributed by atoms with van der Waals surface area (Å²) in [5.41, 5.74) is 5.66. The van der Waals surface area contributed by atoms with E-state index in [4.69, 9.17) is 5.73 Å². The van der Waals surface area contributed by atoms with Crippen molar-refractivity contribution < 1.29 is 9.90 Å². The van der Waals surface area contributed by atoms with Crippen molar-refractivity contribution in [1.29, 1.82) is 0 Å². The van der Waals surface area contributed by atoms with Crippen molar-refractivity contribution in [2.45, 2.75) is 44.2 Å². The van der Waals surface area contributed by atoms with Crippen LogP contribution in [-0.2, 0) is 6.54 Å². The van der Waals surface area contributed by atoms with Gasteiger partial charge in [0.15, 0.2) is 0 Å². The first-order chi connectivity index (χ1) is 8.65. The van der Waals surface area contributed by atoms with Gasteiger partial charge in [-0.25, -0.2) is 0 Å². The summed E-state index contributed by atoms with van der Waals surface area (Å²) in [5, 5.41) is 14.8. The molecule has 4 N–H and O–H groups in total. The van der Waals surface area contributed by atoms with Crippen molar-refractivity contribution in [2.24, 2.45) is 5.73 Å². The number of hydrogen-bond acceptors (Lipinski definition) is 4. The van der Waals surface area contributed by atoms with E-state index >= 15 is 0 Å². The fourth-order valence-electron chi connectivity index (χ4n) is 2.50. The van der Waals surface area contributed by atoms with Crippen LogP contribution >= 0.6 is 11.3 Å². The Morgan fingerprint density at radius 2 is 2.17 bits per heavy atom. The van der Waals surface area contributed by atoms with E-state index < -0.39 is 0 Å². The number of primary amides is 1.